The van der Waals surface area contributed by atoms with Crippen LogP contribution in [0.2, 0.25) is 0 Å². The second kappa shape index (κ2) is 8.60. The molecule has 0 aliphatic heterocycles. The van der Waals surface area contributed by atoms with Crippen LogP contribution in [0.4, 0.5) is 0 Å². The summed E-state index contributed by atoms with van der Waals surface area (Å²) in [5.41, 5.74) is -0.0568. The van der Waals surface area contributed by atoms with Gasteiger partial charge in [0.05, 0.1) is 33.0 Å². The second-order valence-corrected chi connectivity index (χ2v) is 3.80. The molecule has 0 radical (unpaired) electrons. The molecule has 0 aliphatic carbocycles. The number of nitrogens with zero attached hydrogens (tertiary/aromatic N) is 2. The van der Waals surface area contributed by atoms with Crippen molar-refractivity contribution in [3.05, 3.63) is 17.5 Å². The topological polar surface area (TPSA) is 96.8 Å². The molecule has 0 saturated carbocycles. The fourth-order valence-electron chi connectivity index (χ4n) is 1.58. The molecule has 0 bridgehead atoms. The van der Waals surface area contributed by atoms with Gasteiger partial charge in [-0.1, -0.05) is 0 Å². The van der Waals surface area contributed by atoms with E-state index in [0.29, 0.717) is 0 Å². The van der Waals surface area contributed by atoms with E-state index in [9.17, 15) is 9.59 Å². The first-order valence-electron chi connectivity index (χ1n) is 6.57. The van der Waals surface area contributed by atoms with Crippen molar-refractivity contribution >= 4 is 18.0 Å². The van der Waals surface area contributed by atoms with Gasteiger partial charge in [-0.05, 0) is 19.9 Å². The molecule has 0 amide bonds. The smallest absolute Gasteiger partial charge is 0.345 e. The molecular weight excluding hydrogens is 292 g/mol. The molecule has 0 N–H and O–H groups in total. The van der Waals surface area contributed by atoms with Crippen LogP contribution >= 0.6 is 0 Å². The highest BCUT2D eigenvalue weighted by Gasteiger charge is 2.23. The van der Waals surface area contributed by atoms with E-state index in [1.807, 2.05) is 0 Å². The number of ether oxygens (including phenoxy) is 4. The first-order valence-corrected chi connectivity index (χ1v) is 6.57. The molecule has 0 spiro atoms. The SMILES string of the molecule is CCOC(=O)C(=Cc1c(OC)ncnc1OC)C(=O)OCC. The summed E-state index contributed by atoms with van der Waals surface area (Å²) in [5.74, 6) is -1.32. The predicted octanol–water partition coefficient (Wildman–Crippen LogP) is 1.00. The van der Waals surface area contributed by atoms with Crippen LogP contribution in [0.1, 0.15) is 19.4 Å². The van der Waals surface area contributed by atoms with Gasteiger partial charge in [-0.3, -0.25) is 0 Å². The lowest BCUT2D eigenvalue weighted by Crippen LogP contribution is -2.18. The van der Waals surface area contributed by atoms with E-state index in [0.717, 1.165) is 0 Å². The molecule has 0 aliphatic rings. The summed E-state index contributed by atoms with van der Waals surface area (Å²) >= 11 is 0. The number of hydrogen-bond donors (Lipinski definition) is 0. The lowest BCUT2D eigenvalue weighted by Gasteiger charge is -2.10. The minimum absolute atomic E-state index is 0.120. The van der Waals surface area contributed by atoms with Gasteiger partial charge >= 0.3 is 11.9 Å². The van der Waals surface area contributed by atoms with Gasteiger partial charge in [0.1, 0.15) is 11.9 Å². The molecule has 0 saturated heterocycles. The van der Waals surface area contributed by atoms with Crippen LogP contribution in [0, 0.1) is 0 Å². The molecule has 1 aromatic heterocycles. The van der Waals surface area contributed by atoms with Gasteiger partial charge < -0.3 is 18.9 Å². The van der Waals surface area contributed by atoms with E-state index >= 15 is 0 Å². The molecule has 1 heterocycles. The van der Waals surface area contributed by atoms with Crippen molar-refractivity contribution in [1.82, 2.24) is 9.97 Å². The summed E-state index contributed by atoms with van der Waals surface area (Å²) in [6.45, 7) is 3.51. The second-order valence-electron chi connectivity index (χ2n) is 3.80. The summed E-state index contributed by atoms with van der Waals surface area (Å²) in [5, 5.41) is 0. The van der Waals surface area contributed by atoms with Crippen molar-refractivity contribution in [2.24, 2.45) is 0 Å². The Bertz CT molecular complexity index is 528. The Morgan fingerprint density at radius 1 is 1.00 bits per heavy atom. The molecule has 8 nitrogen and oxygen atoms in total. The van der Waals surface area contributed by atoms with Crippen molar-refractivity contribution in [2.75, 3.05) is 27.4 Å². The summed E-state index contributed by atoms with van der Waals surface area (Å²) in [4.78, 5) is 31.7. The van der Waals surface area contributed by atoms with E-state index in [1.165, 1.54) is 26.6 Å². The van der Waals surface area contributed by atoms with Crippen LogP contribution in [-0.2, 0) is 19.1 Å². The van der Waals surface area contributed by atoms with E-state index in [4.69, 9.17) is 18.9 Å². The maximum absolute atomic E-state index is 11.9. The van der Waals surface area contributed by atoms with Crippen molar-refractivity contribution in [3.8, 4) is 11.8 Å². The number of carbonyl (C=O) groups is 2. The fourth-order valence-corrected chi connectivity index (χ4v) is 1.58. The predicted molar refractivity (Wildman–Crippen MR) is 76.4 cm³/mol. The molecule has 0 aromatic carbocycles. The van der Waals surface area contributed by atoms with Gasteiger partial charge in [0.25, 0.3) is 0 Å². The average molecular weight is 310 g/mol. The lowest BCUT2D eigenvalue weighted by molar-refractivity contribution is -0.146. The molecular formula is C14H18N2O6. The third kappa shape index (κ3) is 4.18. The van der Waals surface area contributed by atoms with Crippen LogP contribution in [-0.4, -0.2) is 49.3 Å². The Labute approximate surface area is 128 Å². The third-order valence-electron chi connectivity index (χ3n) is 2.48. The molecule has 0 atom stereocenters. The van der Waals surface area contributed by atoms with Gasteiger partial charge in [-0.15, -0.1) is 0 Å². The minimum atomic E-state index is -0.811. The quantitative estimate of drug-likeness (QED) is 0.318. The van der Waals surface area contributed by atoms with Crippen molar-refractivity contribution in [1.29, 1.82) is 0 Å². The Kier molecular flexibility index (Phi) is 6.81. The molecule has 1 rings (SSSR count). The van der Waals surface area contributed by atoms with E-state index < -0.39 is 11.9 Å². The number of esters is 2. The van der Waals surface area contributed by atoms with Crippen molar-refractivity contribution < 1.29 is 28.5 Å². The van der Waals surface area contributed by atoms with Gasteiger partial charge in [-0.2, -0.15) is 0 Å². The normalized spacial score (nSPS) is 9.64. The first-order chi connectivity index (χ1) is 10.6. The standard InChI is InChI=1S/C14H18N2O6/c1-5-21-13(17)10(14(18)22-6-2)7-9-11(19-3)15-8-16-12(9)20-4/h7-8H,5-6H2,1-4H3. The summed E-state index contributed by atoms with van der Waals surface area (Å²) in [7, 11) is 2.79. The zero-order valence-electron chi connectivity index (χ0n) is 12.9. The Balaban J connectivity index is 3.38. The van der Waals surface area contributed by atoms with Crippen LogP contribution in [0.15, 0.2) is 11.9 Å². The van der Waals surface area contributed by atoms with Crippen LogP contribution in [0.5, 0.6) is 11.8 Å². The zero-order valence-corrected chi connectivity index (χ0v) is 12.9. The largest absolute Gasteiger partial charge is 0.480 e. The molecule has 1 aromatic rings. The minimum Gasteiger partial charge on any atom is -0.480 e. The molecule has 0 unspecified atom stereocenters. The molecule has 120 valence electrons. The van der Waals surface area contributed by atoms with Crippen LogP contribution < -0.4 is 9.47 Å². The van der Waals surface area contributed by atoms with Crippen LogP contribution in [0.25, 0.3) is 6.08 Å². The highest BCUT2D eigenvalue weighted by Crippen LogP contribution is 2.26. The molecule has 22 heavy (non-hydrogen) atoms. The van der Waals surface area contributed by atoms with Gasteiger partial charge in [0.15, 0.2) is 0 Å². The number of hydrogen-bond acceptors (Lipinski definition) is 8. The van der Waals surface area contributed by atoms with Gasteiger partial charge in [-0.25, -0.2) is 19.6 Å². The maximum atomic E-state index is 11.9. The van der Waals surface area contributed by atoms with Gasteiger partial charge in [0.2, 0.25) is 11.8 Å². The highest BCUT2D eigenvalue weighted by molar-refractivity contribution is 6.18. The van der Waals surface area contributed by atoms with Gasteiger partial charge in [0, 0.05) is 0 Å². The van der Waals surface area contributed by atoms with E-state index in [2.05, 4.69) is 9.97 Å². The lowest BCUT2D eigenvalue weighted by atomic mass is 10.1. The summed E-state index contributed by atoms with van der Waals surface area (Å²) in [6, 6.07) is 0. The van der Waals surface area contributed by atoms with E-state index in [-0.39, 0.29) is 36.1 Å². The first kappa shape index (κ1) is 17.4. The zero-order chi connectivity index (χ0) is 16.5. The Morgan fingerprint density at radius 3 is 1.82 bits per heavy atom. The fraction of sp³-hybridized carbons (Fsp3) is 0.429. The monoisotopic (exact) mass is 310 g/mol. The van der Waals surface area contributed by atoms with Crippen molar-refractivity contribution in [2.45, 2.75) is 13.8 Å². The molecule has 0 fully saturated rings. The average Bonchev–Trinajstić information content (AvgIpc) is 2.52. The summed E-state index contributed by atoms with van der Waals surface area (Å²) < 4.78 is 19.9. The Hall–Kier alpha value is -2.64. The van der Waals surface area contributed by atoms with E-state index in [1.54, 1.807) is 13.8 Å². The number of rotatable bonds is 7. The van der Waals surface area contributed by atoms with Crippen molar-refractivity contribution in [3.63, 3.8) is 0 Å². The highest BCUT2D eigenvalue weighted by atomic mass is 16.6. The number of methoxy groups -OCH3 is 2. The van der Waals surface area contributed by atoms with Crippen LogP contribution in [0.3, 0.4) is 0 Å². The number of aromatic nitrogens is 2. The number of carbonyl (C=O) groups excluding carboxylic acids is 2. The third-order valence-corrected chi connectivity index (χ3v) is 2.48. The molecule has 8 heteroatoms. The Morgan fingerprint density at radius 2 is 1.45 bits per heavy atom. The summed E-state index contributed by atoms with van der Waals surface area (Å²) in [6.07, 6.45) is 2.47. The maximum Gasteiger partial charge on any atom is 0.345 e.